The molecule has 1 aliphatic heterocycles. The summed E-state index contributed by atoms with van der Waals surface area (Å²) in [5.74, 6) is 1.50. The summed E-state index contributed by atoms with van der Waals surface area (Å²) >= 11 is 0. The van der Waals surface area contributed by atoms with Gasteiger partial charge in [-0.2, -0.15) is 0 Å². The van der Waals surface area contributed by atoms with E-state index < -0.39 is 0 Å². The molecule has 0 bridgehead atoms. The number of aromatic nitrogens is 2. The molecule has 5 rings (SSSR count). The third-order valence-electron chi connectivity index (χ3n) is 5.34. The first-order chi connectivity index (χ1) is 14.2. The Hall–Kier alpha value is -3.73. The summed E-state index contributed by atoms with van der Waals surface area (Å²) in [5, 5.41) is 4.53. The maximum atomic E-state index is 5.89. The maximum absolute atomic E-state index is 5.89. The number of anilines is 1. The minimum atomic E-state index is 0.135. The second-order valence-electron chi connectivity index (χ2n) is 7.35. The van der Waals surface area contributed by atoms with Crippen LogP contribution in [0.2, 0.25) is 0 Å². The summed E-state index contributed by atoms with van der Waals surface area (Å²) in [6.45, 7) is 2.13. The van der Waals surface area contributed by atoms with E-state index in [2.05, 4.69) is 69.7 Å². The Morgan fingerprint density at radius 1 is 0.931 bits per heavy atom. The molecule has 0 aliphatic carbocycles. The van der Waals surface area contributed by atoms with Crippen molar-refractivity contribution in [3.8, 4) is 11.1 Å². The van der Waals surface area contributed by atoms with E-state index in [4.69, 9.17) is 5.73 Å². The van der Waals surface area contributed by atoms with Crippen molar-refractivity contribution in [1.29, 1.82) is 0 Å². The van der Waals surface area contributed by atoms with E-state index in [-0.39, 0.29) is 6.04 Å². The lowest BCUT2D eigenvalue weighted by Gasteiger charge is -2.16. The van der Waals surface area contributed by atoms with E-state index in [9.17, 15) is 0 Å². The van der Waals surface area contributed by atoms with Crippen molar-refractivity contribution in [3.05, 3.63) is 84.2 Å². The summed E-state index contributed by atoms with van der Waals surface area (Å²) in [4.78, 5) is 13.4. The third-order valence-corrected chi connectivity index (χ3v) is 5.34. The summed E-state index contributed by atoms with van der Waals surface area (Å²) in [6.07, 6.45) is 2.33. The van der Waals surface area contributed by atoms with Crippen LogP contribution in [0.5, 0.6) is 0 Å². The molecule has 4 aromatic rings. The standard InChI is InChI=1S/C24H21N5/c1-15(16-5-3-2-4-6-16)28-24-20-11-17(9-10-21(20)26-14-27-24)18-7-8-19-13-23(25)29-22(19)12-18/h2-12,14-15H,13H2,1H3,(H2,25,29)(H,26,27,28). The number of nitrogens with two attached hydrogens (primary N) is 1. The van der Waals surface area contributed by atoms with Gasteiger partial charge in [0.2, 0.25) is 0 Å². The molecule has 0 fully saturated rings. The van der Waals surface area contributed by atoms with E-state index in [1.165, 1.54) is 11.1 Å². The van der Waals surface area contributed by atoms with Gasteiger partial charge in [-0.05, 0) is 47.4 Å². The van der Waals surface area contributed by atoms with Crippen LogP contribution in [0.4, 0.5) is 11.5 Å². The number of nitrogens with zero attached hydrogens (tertiary/aromatic N) is 3. The molecule has 3 N–H and O–H groups in total. The van der Waals surface area contributed by atoms with Crippen LogP contribution in [0.1, 0.15) is 24.1 Å². The zero-order valence-electron chi connectivity index (χ0n) is 16.1. The van der Waals surface area contributed by atoms with Gasteiger partial charge < -0.3 is 11.1 Å². The highest BCUT2D eigenvalue weighted by atomic mass is 15.0. The smallest absolute Gasteiger partial charge is 0.137 e. The number of hydrogen-bond donors (Lipinski definition) is 2. The zero-order chi connectivity index (χ0) is 19.8. The van der Waals surface area contributed by atoms with Gasteiger partial charge in [-0.3, -0.25) is 0 Å². The summed E-state index contributed by atoms with van der Waals surface area (Å²) in [6, 6.07) is 23.1. The van der Waals surface area contributed by atoms with Gasteiger partial charge in [-0.1, -0.05) is 48.5 Å². The van der Waals surface area contributed by atoms with Crippen LogP contribution in [0.3, 0.4) is 0 Å². The van der Waals surface area contributed by atoms with Crippen molar-refractivity contribution in [2.45, 2.75) is 19.4 Å². The van der Waals surface area contributed by atoms with Gasteiger partial charge in [0.05, 0.1) is 11.2 Å². The zero-order valence-corrected chi connectivity index (χ0v) is 16.1. The highest BCUT2D eigenvalue weighted by Crippen LogP contribution is 2.33. The average Bonchev–Trinajstić information content (AvgIpc) is 3.13. The third kappa shape index (κ3) is 3.31. The molecule has 3 aromatic carbocycles. The lowest BCUT2D eigenvalue weighted by atomic mass is 10.0. The lowest BCUT2D eigenvalue weighted by molar-refractivity contribution is 0.876. The predicted molar refractivity (Wildman–Crippen MR) is 118 cm³/mol. The minimum absolute atomic E-state index is 0.135. The van der Waals surface area contributed by atoms with Crippen LogP contribution in [-0.2, 0) is 6.42 Å². The molecule has 5 heteroatoms. The molecule has 1 atom stereocenters. The Morgan fingerprint density at radius 2 is 1.72 bits per heavy atom. The molecule has 29 heavy (non-hydrogen) atoms. The van der Waals surface area contributed by atoms with Crippen LogP contribution in [0.25, 0.3) is 22.0 Å². The number of benzene rings is 3. The fraction of sp³-hybridized carbons (Fsp3) is 0.125. The van der Waals surface area contributed by atoms with Gasteiger partial charge in [-0.25, -0.2) is 15.0 Å². The molecule has 0 spiro atoms. The van der Waals surface area contributed by atoms with Gasteiger partial charge in [0.15, 0.2) is 0 Å². The van der Waals surface area contributed by atoms with E-state index in [1.54, 1.807) is 6.33 Å². The Labute approximate surface area is 169 Å². The van der Waals surface area contributed by atoms with Crippen LogP contribution >= 0.6 is 0 Å². The fourth-order valence-corrected chi connectivity index (χ4v) is 3.77. The average molecular weight is 379 g/mol. The number of aliphatic imine (C=N–C) groups is 1. The fourth-order valence-electron chi connectivity index (χ4n) is 3.77. The quantitative estimate of drug-likeness (QED) is 0.522. The minimum Gasteiger partial charge on any atom is -0.387 e. The molecule has 1 aromatic heterocycles. The van der Waals surface area contributed by atoms with Gasteiger partial charge >= 0.3 is 0 Å². The number of amidine groups is 1. The monoisotopic (exact) mass is 379 g/mol. The molecule has 0 radical (unpaired) electrons. The van der Waals surface area contributed by atoms with E-state index >= 15 is 0 Å². The lowest BCUT2D eigenvalue weighted by Crippen LogP contribution is -2.09. The molecule has 0 saturated heterocycles. The van der Waals surface area contributed by atoms with Crippen LogP contribution in [-0.4, -0.2) is 15.8 Å². The van der Waals surface area contributed by atoms with Crippen molar-refractivity contribution in [3.63, 3.8) is 0 Å². The Bertz CT molecular complexity index is 1230. The van der Waals surface area contributed by atoms with Gasteiger partial charge in [-0.15, -0.1) is 0 Å². The number of hydrogen-bond acceptors (Lipinski definition) is 5. The molecule has 5 nitrogen and oxygen atoms in total. The van der Waals surface area contributed by atoms with E-state index in [0.717, 1.165) is 40.0 Å². The maximum Gasteiger partial charge on any atom is 0.137 e. The highest BCUT2D eigenvalue weighted by Gasteiger charge is 2.14. The van der Waals surface area contributed by atoms with Gasteiger partial charge in [0.1, 0.15) is 18.0 Å². The molecular weight excluding hydrogens is 358 g/mol. The summed E-state index contributed by atoms with van der Waals surface area (Å²) in [5.41, 5.74) is 12.4. The molecule has 0 saturated carbocycles. The highest BCUT2D eigenvalue weighted by molar-refractivity contribution is 5.94. The van der Waals surface area contributed by atoms with Crippen molar-refractivity contribution in [2.24, 2.45) is 10.7 Å². The second-order valence-corrected chi connectivity index (χ2v) is 7.35. The normalized spacial score (nSPS) is 13.8. The molecule has 2 heterocycles. The number of nitrogens with one attached hydrogen (secondary N) is 1. The van der Waals surface area contributed by atoms with Crippen LogP contribution in [0, 0.1) is 0 Å². The first kappa shape index (κ1) is 17.4. The Kier molecular flexibility index (Phi) is 4.21. The van der Waals surface area contributed by atoms with Crippen molar-refractivity contribution in [1.82, 2.24) is 9.97 Å². The van der Waals surface area contributed by atoms with Crippen molar-refractivity contribution >= 4 is 28.2 Å². The number of rotatable bonds is 4. The molecular formula is C24H21N5. The SMILES string of the molecule is CC(Nc1ncnc2ccc(-c3ccc4c(c3)N=C(N)C4)cc12)c1ccccc1. The molecule has 0 amide bonds. The Balaban J connectivity index is 1.53. The predicted octanol–water partition coefficient (Wildman–Crippen LogP) is 5.01. The largest absolute Gasteiger partial charge is 0.387 e. The molecule has 1 aliphatic rings. The van der Waals surface area contributed by atoms with Gasteiger partial charge in [0.25, 0.3) is 0 Å². The topological polar surface area (TPSA) is 76.2 Å². The number of fused-ring (bicyclic) bond motifs is 2. The van der Waals surface area contributed by atoms with Crippen LogP contribution < -0.4 is 11.1 Å². The first-order valence-electron chi connectivity index (χ1n) is 9.70. The second kappa shape index (κ2) is 7.02. The summed E-state index contributed by atoms with van der Waals surface area (Å²) in [7, 11) is 0. The molecule has 1 unspecified atom stereocenters. The molecule has 142 valence electrons. The van der Waals surface area contributed by atoms with Crippen molar-refractivity contribution < 1.29 is 0 Å². The first-order valence-corrected chi connectivity index (χ1v) is 9.70. The Morgan fingerprint density at radius 3 is 2.59 bits per heavy atom. The van der Waals surface area contributed by atoms with Crippen molar-refractivity contribution in [2.75, 3.05) is 5.32 Å². The van der Waals surface area contributed by atoms with E-state index in [0.29, 0.717) is 5.84 Å². The van der Waals surface area contributed by atoms with Gasteiger partial charge in [0, 0.05) is 17.8 Å². The summed E-state index contributed by atoms with van der Waals surface area (Å²) < 4.78 is 0. The van der Waals surface area contributed by atoms with Crippen LogP contribution in [0.15, 0.2) is 78.0 Å². The van der Waals surface area contributed by atoms with E-state index in [1.807, 2.05) is 24.3 Å².